The molecule has 0 spiro atoms. The van der Waals surface area contributed by atoms with E-state index in [-0.39, 0.29) is 11.9 Å². The normalized spacial score (nSPS) is 14.0. The molecule has 2 atom stereocenters. The molecule has 2 rings (SSSR count). The summed E-state index contributed by atoms with van der Waals surface area (Å²) >= 11 is 0. The number of fused-ring (bicyclic) bond motifs is 1. The number of hydrogen-bond acceptors (Lipinski definition) is 6. The van der Waals surface area contributed by atoms with E-state index in [9.17, 15) is 25.1 Å². The fraction of sp³-hybridized carbons (Fsp3) is 0.308. The van der Waals surface area contributed by atoms with E-state index in [4.69, 9.17) is 0 Å². The van der Waals surface area contributed by atoms with Crippen molar-refractivity contribution in [2.24, 2.45) is 0 Å². The second-order valence-corrected chi connectivity index (χ2v) is 4.64. The van der Waals surface area contributed by atoms with Gasteiger partial charge in [0.2, 0.25) is 0 Å². The van der Waals surface area contributed by atoms with E-state index >= 15 is 0 Å². The maximum atomic E-state index is 12.0. The SMILES string of the molecule is CNCC(O)C(O)c1ccc2[nH]cc([N+](=O)[O-])c(=O)c2c1. The van der Waals surface area contributed by atoms with Gasteiger partial charge in [-0.25, -0.2) is 0 Å². The molecule has 8 heteroatoms. The van der Waals surface area contributed by atoms with Gasteiger partial charge in [-0.2, -0.15) is 0 Å². The Bertz CT molecular complexity index is 727. The summed E-state index contributed by atoms with van der Waals surface area (Å²) in [6.07, 6.45) is -1.21. The molecule has 112 valence electrons. The van der Waals surface area contributed by atoms with Crippen LogP contribution in [0.4, 0.5) is 5.69 Å². The molecule has 0 saturated heterocycles. The number of benzene rings is 1. The van der Waals surface area contributed by atoms with Gasteiger partial charge >= 0.3 is 5.69 Å². The van der Waals surface area contributed by atoms with Crippen LogP contribution in [-0.2, 0) is 0 Å². The van der Waals surface area contributed by atoms with Gasteiger partial charge in [-0.05, 0) is 24.7 Å². The summed E-state index contributed by atoms with van der Waals surface area (Å²) < 4.78 is 0. The first kappa shape index (κ1) is 15.1. The van der Waals surface area contributed by atoms with Crippen molar-refractivity contribution in [2.45, 2.75) is 12.2 Å². The number of nitro groups is 1. The molecule has 0 radical (unpaired) electrons. The first-order valence-corrected chi connectivity index (χ1v) is 6.26. The van der Waals surface area contributed by atoms with Gasteiger partial charge in [0.25, 0.3) is 5.43 Å². The Labute approximate surface area is 119 Å². The molecule has 2 aromatic rings. The molecule has 0 saturated carbocycles. The van der Waals surface area contributed by atoms with Crippen molar-refractivity contribution in [1.29, 1.82) is 0 Å². The van der Waals surface area contributed by atoms with E-state index in [2.05, 4.69) is 10.3 Å². The van der Waals surface area contributed by atoms with Gasteiger partial charge in [-0.15, -0.1) is 0 Å². The van der Waals surface area contributed by atoms with Crippen molar-refractivity contribution in [1.82, 2.24) is 10.3 Å². The predicted molar refractivity (Wildman–Crippen MR) is 76.1 cm³/mol. The monoisotopic (exact) mass is 293 g/mol. The lowest BCUT2D eigenvalue weighted by Gasteiger charge is -2.18. The number of H-pyrrole nitrogens is 1. The zero-order chi connectivity index (χ0) is 15.6. The van der Waals surface area contributed by atoms with Gasteiger partial charge < -0.3 is 20.5 Å². The highest BCUT2D eigenvalue weighted by Gasteiger charge is 2.20. The Kier molecular flexibility index (Phi) is 4.32. The fourth-order valence-corrected chi connectivity index (χ4v) is 2.09. The second-order valence-electron chi connectivity index (χ2n) is 4.64. The van der Waals surface area contributed by atoms with Crippen LogP contribution in [0.5, 0.6) is 0 Å². The second kappa shape index (κ2) is 6.00. The van der Waals surface area contributed by atoms with Gasteiger partial charge in [-0.1, -0.05) is 6.07 Å². The van der Waals surface area contributed by atoms with Crippen LogP contribution in [0.25, 0.3) is 10.9 Å². The number of pyridine rings is 1. The molecule has 1 heterocycles. The van der Waals surface area contributed by atoms with E-state index in [1.807, 2.05) is 0 Å². The van der Waals surface area contributed by atoms with Gasteiger partial charge in [0.1, 0.15) is 6.10 Å². The summed E-state index contributed by atoms with van der Waals surface area (Å²) in [6.45, 7) is 0.171. The van der Waals surface area contributed by atoms with E-state index in [0.717, 1.165) is 6.20 Å². The Morgan fingerprint density at radius 1 is 1.43 bits per heavy atom. The van der Waals surface area contributed by atoms with Crippen molar-refractivity contribution in [3.05, 3.63) is 50.3 Å². The van der Waals surface area contributed by atoms with Crippen LogP contribution in [-0.4, -0.2) is 39.8 Å². The van der Waals surface area contributed by atoms with Crippen molar-refractivity contribution in [3.63, 3.8) is 0 Å². The zero-order valence-electron chi connectivity index (χ0n) is 11.2. The first-order valence-electron chi connectivity index (χ1n) is 6.26. The molecule has 0 fully saturated rings. The molecule has 4 N–H and O–H groups in total. The summed E-state index contributed by atoms with van der Waals surface area (Å²) in [4.78, 5) is 24.7. The highest BCUT2D eigenvalue weighted by molar-refractivity contribution is 5.81. The summed E-state index contributed by atoms with van der Waals surface area (Å²) in [5.41, 5.74) is -0.559. The van der Waals surface area contributed by atoms with E-state index in [1.165, 1.54) is 12.1 Å². The number of aliphatic hydroxyl groups excluding tert-OH is 2. The van der Waals surface area contributed by atoms with Crippen molar-refractivity contribution < 1.29 is 15.1 Å². The summed E-state index contributed by atoms with van der Waals surface area (Å²) in [7, 11) is 1.63. The average molecular weight is 293 g/mol. The van der Waals surface area contributed by atoms with Gasteiger partial charge in [0.05, 0.1) is 22.6 Å². The van der Waals surface area contributed by atoms with Gasteiger partial charge in [-0.3, -0.25) is 14.9 Å². The lowest BCUT2D eigenvalue weighted by molar-refractivity contribution is -0.386. The summed E-state index contributed by atoms with van der Waals surface area (Å²) in [5.74, 6) is 0. The lowest BCUT2D eigenvalue weighted by atomic mass is 10.0. The third kappa shape index (κ3) is 2.92. The number of aromatic nitrogens is 1. The molecule has 21 heavy (non-hydrogen) atoms. The maximum absolute atomic E-state index is 12.0. The minimum absolute atomic E-state index is 0.0948. The molecule has 0 aliphatic rings. The topological polar surface area (TPSA) is 128 Å². The third-order valence-corrected chi connectivity index (χ3v) is 3.20. The molecule has 0 aliphatic heterocycles. The van der Waals surface area contributed by atoms with Crippen LogP contribution in [0.1, 0.15) is 11.7 Å². The zero-order valence-corrected chi connectivity index (χ0v) is 11.2. The van der Waals surface area contributed by atoms with Gasteiger partial charge in [0, 0.05) is 12.1 Å². The minimum atomic E-state index is -1.19. The summed E-state index contributed by atoms with van der Waals surface area (Å²) in [6, 6.07) is 4.43. The number of rotatable bonds is 5. The van der Waals surface area contributed by atoms with Crippen LogP contribution in [0.3, 0.4) is 0 Å². The Hall–Kier alpha value is -2.29. The number of aliphatic hydroxyl groups is 2. The average Bonchev–Trinajstić information content (AvgIpc) is 2.46. The molecule has 1 aromatic heterocycles. The van der Waals surface area contributed by atoms with E-state index in [0.29, 0.717) is 11.1 Å². The molecule has 0 amide bonds. The van der Waals surface area contributed by atoms with Crippen LogP contribution in [0.15, 0.2) is 29.2 Å². The van der Waals surface area contributed by atoms with Crippen LogP contribution >= 0.6 is 0 Å². The predicted octanol–water partition coefficient (Wildman–Crippen LogP) is 0.0500. The quantitative estimate of drug-likeness (QED) is 0.455. The fourth-order valence-electron chi connectivity index (χ4n) is 2.09. The smallest absolute Gasteiger partial charge is 0.332 e. The molecule has 0 bridgehead atoms. The lowest BCUT2D eigenvalue weighted by Crippen LogP contribution is -2.29. The molecule has 0 aliphatic carbocycles. The van der Waals surface area contributed by atoms with Crippen LogP contribution in [0.2, 0.25) is 0 Å². The van der Waals surface area contributed by atoms with Gasteiger partial charge in [0.15, 0.2) is 0 Å². The van der Waals surface area contributed by atoms with E-state index < -0.39 is 28.2 Å². The highest BCUT2D eigenvalue weighted by Crippen LogP contribution is 2.21. The molecule has 8 nitrogen and oxygen atoms in total. The van der Waals surface area contributed by atoms with Crippen LogP contribution < -0.4 is 10.7 Å². The minimum Gasteiger partial charge on any atom is -0.389 e. The maximum Gasteiger partial charge on any atom is 0.332 e. The highest BCUT2D eigenvalue weighted by atomic mass is 16.6. The standard InChI is InChI=1S/C13H15N3O5/c1-14-6-11(17)12(18)7-2-3-9-8(4-7)13(19)10(5-15-9)16(20)21/h2-5,11-12,14,17-18H,6H2,1H3,(H,15,19). The Morgan fingerprint density at radius 2 is 2.14 bits per heavy atom. The third-order valence-electron chi connectivity index (χ3n) is 3.20. The van der Waals surface area contributed by atoms with Crippen molar-refractivity contribution in [2.75, 3.05) is 13.6 Å². The number of nitrogens with one attached hydrogen (secondary N) is 2. The molecular weight excluding hydrogens is 278 g/mol. The van der Waals surface area contributed by atoms with Crippen molar-refractivity contribution >= 4 is 16.6 Å². The molecule has 1 aromatic carbocycles. The molecular formula is C13H15N3O5. The summed E-state index contributed by atoms with van der Waals surface area (Å²) in [5, 5.41) is 33.3. The number of nitrogens with zero attached hydrogens (tertiary/aromatic N) is 1. The van der Waals surface area contributed by atoms with Crippen molar-refractivity contribution in [3.8, 4) is 0 Å². The Balaban J connectivity index is 2.52. The molecule has 2 unspecified atom stereocenters. The number of hydrogen-bond donors (Lipinski definition) is 4. The van der Waals surface area contributed by atoms with Crippen LogP contribution in [0, 0.1) is 10.1 Å². The van der Waals surface area contributed by atoms with E-state index in [1.54, 1.807) is 13.1 Å². The largest absolute Gasteiger partial charge is 0.389 e. The number of likely N-dealkylation sites (N-methyl/N-ethyl adjacent to an activating group) is 1. The first-order chi connectivity index (χ1) is 9.95. The number of aromatic amines is 1. The Morgan fingerprint density at radius 3 is 2.76 bits per heavy atom.